The lowest BCUT2D eigenvalue weighted by molar-refractivity contribution is -0.129. The van der Waals surface area contributed by atoms with E-state index in [0.29, 0.717) is 11.6 Å². The lowest BCUT2D eigenvalue weighted by Gasteiger charge is -1.97. The predicted octanol–water partition coefficient (Wildman–Crippen LogP) is 3.82. The Kier molecular flexibility index (Phi) is 3.08. The van der Waals surface area contributed by atoms with Crippen molar-refractivity contribution in [1.29, 1.82) is 0 Å². The molecule has 1 N–H and O–H groups in total. The molecule has 112 valence electrons. The third-order valence-electron chi connectivity index (χ3n) is 3.89. The number of para-hydroxylation sites is 1. The van der Waals surface area contributed by atoms with Gasteiger partial charge in [0, 0.05) is 28.2 Å². The number of aromatic nitrogens is 1. The summed E-state index contributed by atoms with van der Waals surface area (Å²) in [5, 5.41) is 1.06. The van der Waals surface area contributed by atoms with Crippen LogP contribution < -0.4 is 0 Å². The first kappa shape index (κ1) is 13.5. The van der Waals surface area contributed by atoms with E-state index in [1.54, 1.807) is 6.08 Å². The van der Waals surface area contributed by atoms with Gasteiger partial charge in [-0.1, -0.05) is 36.4 Å². The molecule has 0 aliphatic carbocycles. The maximum atomic E-state index is 12.1. The number of carbonyl (C=O) groups is 1. The second kappa shape index (κ2) is 5.25. The highest BCUT2D eigenvalue weighted by Crippen LogP contribution is 2.25. The van der Waals surface area contributed by atoms with E-state index in [9.17, 15) is 4.79 Å². The Morgan fingerprint density at radius 3 is 2.74 bits per heavy atom. The van der Waals surface area contributed by atoms with Crippen LogP contribution in [0.3, 0.4) is 0 Å². The first-order valence-corrected chi connectivity index (χ1v) is 7.37. The summed E-state index contributed by atoms with van der Waals surface area (Å²) >= 11 is 0. The van der Waals surface area contributed by atoms with Gasteiger partial charge in [0.05, 0.1) is 0 Å². The minimum Gasteiger partial charge on any atom is -0.402 e. The molecule has 0 amide bonds. The normalized spacial score (nSPS) is 16.0. The highest BCUT2D eigenvalue weighted by atomic mass is 16.6. The fraction of sp³-hybridized carbons (Fsp3) is 0.0526. The molecule has 1 aliphatic rings. The van der Waals surface area contributed by atoms with E-state index >= 15 is 0 Å². The molecule has 0 atom stereocenters. The third-order valence-corrected chi connectivity index (χ3v) is 3.89. The Balaban J connectivity index is 1.77. The molecular formula is C19H14N2O2. The van der Waals surface area contributed by atoms with Crippen LogP contribution in [0.15, 0.2) is 65.4 Å². The average molecular weight is 302 g/mol. The quantitative estimate of drug-likeness (QED) is 0.578. The number of fused-ring (bicyclic) bond motifs is 1. The van der Waals surface area contributed by atoms with Crippen molar-refractivity contribution < 1.29 is 9.53 Å². The summed E-state index contributed by atoms with van der Waals surface area (Å²) in [6.45, 7) is 2.05. The topological polar surface area (TPSA) is 54.4 Å². The summed E-state index contributed by atoms with van der Waals surface area (Å²) in [4.78, 5) is 19.7. The lowest BCUT2D eigenvalue weighted by atomic mass is 10.1. The molecule has 23 heavy (non-hydrogen) atoms. The molecule has 0 saturated heterocycles. The zero-order chi connectivity index (χ0) is 15.8. The maximum Gasteiger partial charge on any atom is 0.363 e. The highest BCUT2D eigenvalue weighted by molar-refractivity contribution is 6.13. The molecule has 0 unspecified atom stereocenters. The second-order valence-corrected chi connectivity index (χ2v) is 5.44. The van der Waals surface area contributed by atoms with Crippen molar-refractivity contribution in [2.75, 3.05) is 0 Å². The number of H-pyrrole nitrogens is 1. The number of cyclic esters (lactones) is 1. The largest absolute Gasteiger partial charge is 0.402 e. The van der Waals surface area contributed by atoms with Crippen LogP contribution in [0.25, 0.3) is 17.0 Å². The van der Waals surface area contributed by atoms with Gasteiger partial charge in [0.2, 0.25) is 5.90 Å². The van der Waals surface area contributed by atoms with Gasteiger partial charge in [-0.3, -0.25) is 0 Å². The van der Waals surface area contributed by atoms with Gasteiger partial charge in [-0.05, 0) is 30.7 Å². The molecular weight excluding hydrogens is 288 g/mol. The number of aliphatic imine (C=N–C) groups is 1. The number of nitrogens with one attached hydrogen (secondary N) is 1. The number of aryl methyl sites for hydroxylation is 1. The number of esters is 1. The molecule has 0 spiro atoms. The minimum absolute atomic E-state index is 0.311. The van der Waals surface area contributed by atoms with Crippen LogP contribution in [0.4, 0.5) is 0 Å². The number of ether oxygens (including phenoxy) is 1. The van der Waals surface area contributed by atoms with Gasteiger partial charge in [0.1, 0.15) is 0 Å². The first-order chi connectivity index (χ1) is 11.2. The smallest absolute Gasteiger partial charge is 0.363 e. The second-order valence-electron chi connectivity index (χ2n) is 5.44. The van der Waals surface area contributed by atoms with Crippen molar-refractivity contribution in [3.63, 3.8) is 0 Å². The van der Waals surface area contributed by atoms with Gasteiger partial charge in [0.15, 0.2) is 5.70 Å². The SMILES string of the molecule is Cc1cccc2c(C=C3N=C(c4ccccc4)OC3=O)c[nH]c12. The van der Waals surface area contributed by atoms with Crippen molar-refractivity contribution in [3.05, 3.63) is 77.1 Å². The van der Waals surface area contributed by atoms with Crippen LogP contribution in [0.2, 0.25) is 0 Å². The van der Waals surface area contributed by atoms with Crippen molar-refractivity contribution >= 4 is 28.8 Å². The van der Waals surface area contributed by atoms with Crippen molar-refractivity contribution in [2.45, 2.75) is 6.92 Å². The van der Waals surface area contributed by atoms with Gasteiger partial charge in [-0.2, -0.15) is 0 Å². The van der Waals surface area contributed by atoms with Gasteiger partial charge in [-0.25, -0.2) is 9.79 Å². The number of benzene rings is 2. The fourth-order valence-corrected chi connectivity index (χ4v) is 2.71. The third kappa shape index (κ3) is 2.34. The Labute approximate surface area is 133 Å². The van der Waals surface area contributed by atoms with E-state index in [1.165, 1.54) is 0 Å². The molecule has 4 nitrogen and oxygen atoms in total. The summed E-state index contributed by atoms with van der Waals surface area (Å²) in [5.74, 6) is -0.0799. The maximum absolute atomic E-state index is 12.1. The highest BCUT2D eigenvalue weighted by Gasteiger charge is 2.24. The van der Waals surface area contributed by atoms with E-state index in [4.69, 9.17) is 4.74 Å². The summed E-state index contributed by atoms with van der Waals surface area (Å²) in [5.41, 5.74) is 4.26. The fourth-order valence-electron chi connectivity index (χ4n) is 2.71. The molecule has 3 aromatic rings. The zero-order valence-corrected chi connectivity index (χ0v) is 12.5. The number of nitrogens with zero attached hydrogens (tertiary/aromatic N) is 1. The summed E-state index contributed by atoms with van der Waals surface area (Å²) in [6, 6.07) is 15.5. The Hall–Kier alpha value is -3.14. The summed E-state index contributed by atoms with van der Waals surface area (Å²) in [7, 11) is 0. The van der Waals surface area contributed by atoms with E-state index in [-0.39, 0.29) is 0 Å². The molecule has 2 aromatic carbocycles. The molecule has 2 heterocycles. The van der Waals surface area contributed by atoms with Crippen molar-refractivity contribution in [2.24, 2.45) is 4.99 Å². The minimum atomic E-state index is -0.425. The Morgan fingerprint density at radius 1 is 1.09 bits per heavy atom. The molecule has 0 fully saturated rings. The molecule has 0 bridgehead atoms. The summed E-state index contributed by atoms with van der Waals surface area (Å²) < 4.78 is 5.28. The van der Waals surface area contributed by atoms with Gasteiger partial charge < -0.3 is 9.72 Å². The number of hydrogen-bond acceptors (Lipinski definition) is 3. The molecule has 4 heteroatoms. The number of rotatable bonds is 2. The Morgan fingerprint density at radius 2 is 1.91 bits per heavy atom. The average Bonchev–Trinajstić information content (AvgIpc) is 3.14. The van der Waals surface area contributed by atoms with Crippen LogP contribution in [0.5, 0.6) is 0 Å². The standard InChI is InChI=1S/C19H14N2O2/c1-12-6-5-9-15-14(11-20-17(12)15)10-16-19(22)23-18(21-16)13-7-3-2-4-8-13/h2-11,20H,1H3. The van der Waals surface area contributed by atoms with Crippen LogP contribution >= 0.6 is 0 Å². The number of hydrogen-bond donors (Lipinski definition) is 1. The van der Waals surface area contributed by atoms with Crippen molar-refractivity contribution in [3.8, 4) is 0 Å². The zero-order valence-electron chi connectivity index (χ0n) is 12.5. The number of carbonyl (C=O) groups excluding carboxylic acids is 1. The van der Waals surface area contributed by atoms with Crippen LogP contribution in [-0.2, 0) is 9.53 Å². The molecule has 1 aromatic heterocycles. The predicted molar refractivity (Wildman–Crippen MR) is 90.1 cm³/mol. The van der Waals surface area contributed by atoms with Gasteiger partial charge in [-0.15, -0.1) is 0 Å². The summed E-state index contributed by atoms with van der Waals surface area (Å²) in [6.07, 6.45) is 3.64. The number of aromatic amines is 1. The Bertz CT molecular complexity index is 965. The van der Waals surface area contributed by atoms with Gasteiger partial charge >= 0.3 is 5.97 Å². The van der Waals surface area contributed by atoms with E-state index in [1.807, 2.05) is 61.7 Å². The van der Waals surface area contributed by atoms with Crippen LogP contribution in [-0.4, -0.2) is 16.9 Å². The molecule has 0 radical (unpaired) electrons. The van der Waals surface area contributed by atoms with Crippen molar-refractivity contribution in [1.82, 2.24) is 4.98 Å². The van der Waals surface area contributed by atoms with Crippen LogP contribution in [0, 0.1) is 6.92 Å². The molecule has 4 rings (SSSR count). The lowest BCUT2D eigenvalue weighted by Crippen LogP contribution is -2.04. The van der Waals surface area contributed by atoms with E-state index < -0.39 is 5.97 Å². The van der Waals surface area contributed by atoms with E-state index in [0.717, 1.165) is 27.6 Å². The van der Waals surface area contributed by atoms with Gasteiger partial charge in [0.25, 0.3) is 0 Å². The first-order valence-electron chi connectivity index (χ1n) is 7.37. The molecule has 1 aliphatic heterocycles. The van der Waals surface area contributed by atoms with Crippen LogP contribution in [0.1, 0.15) is 16.7 Å². The molecule has 0 saturated carbocycles. The van der Waals surface area contributed by atoms with E-state index in [2.05, 4.69) is 9.98 Å². The monoisotopic (exact) mass is 302 g/mol.